The Morgan fingerprint density at radius 3 is 1.68 bits per heavy atom. The summed E-state index contributed by atoms with van der Waals surface area (Å²) in [5.41, 5.74) is 0. The molecule has 1 saturated heterocycles. The van der Waals surface area contributed by atoms with Crippen LogP contribution in [-0.2, 0) is 23.7 Å². The Bertz CT molecular complexity index is 359. The van der Waals surface area contributed by atoms with Gasteiger partial charge in [0.05, 0.1) is 45.6 Å². The second-order valence-corrected chi connectivity index (χ2v) is 8.96. The van der Waals surface area contributed by atoms with E-state index in [1.54, 1.807) is 0 Å². The van der Waals surface area contributed by atoms with Crippen molar-refractivity contribution in [2.45, 2.75) is 123 Å². The average molecular weight is 445 g/mol. The minimum absolute atomic E-state index is 0.0722. The molecule has 0 spiro atoms. The van der Waals surface area contributed by atoms with Crippen LogP contribution in [0.5, 0.6) is 0 Å². The number of ether oxygens (including phenoxy) is 5. The van der Waals surface area contributed by atoms with Gasteiger partial charge in [0.1, 0.15) is 6.10 Å². The van der Waals surface area contributed by atoms with Crippen molar-refractivity contribution in [2.75, 3.05) is 39.6 Å². The highest BCUT2D eigenvalue weighted by molar-refractivity contribution is 4.75. The van der Waals surface area contributed by atoms with Crippen LogP contribution in [0.25, 0.3) is 0 Å². The van der Waals surface area contributed by atoms with Crippen LogP contribution in [0.4, 0.5) is 0 Å². The van der Waals surface area contributed by atoms with Crippen molar-refractivity contribution in [3.05, 3.63) is 0 Å². The summed E-state index contributed by atoms with van der Waals surface area (Å²) in [6.07, 6.45) is 15.2. The summed E-state index contributed by atoms with van der Waals surface area (Å²) in [5.74, 6) is -0.921. The lowest BCUT2D eigenvalue weighted by molar-refractivity contribution is -0.409. The Hall–Kier alpha value is -0.200. The molecule has 2 unspecified atom stereocenters. The van der Waals surface area contributed by atoms with E-state index in [0.717, 1.165) is 58.0 Å². The van der Waals surface area contributed by atoms with Crippen molar-refractivity contribution in [3.63, 3.8) is 0 Å². The Kier molecular flexibility index (Phi) is 17.9. The van der Waals surface area contributed by atoms with Crippen molar-refractivity contribution in [1.29, 1.82) is 0 Å². The lowest BCUT2D eigenvalue weighted by Crippen LogP contribution is -2.49. The molecule has 0 aliphatic carbocycles. The molecule has 0 saturated carbocycles. The number of rotatable bonds is 24. The SMILES string of the molecule is CCCCCCCCC(COCC1CO1)C(OCCCC)(OCCCC)OCCCC. The first-order chi connectivity index (χ1) is 15.2. The fourth-order valence-corrected chi connectivity index (χ4v) is 3.59. The minimum atomic E-state index is -0.993. The van der Waals surface area contributed by atoms with Gasteiger partial charge in [-0.25, -0.2) is 0 Å². The summed E-state index contributed by atoms with van der Waals surface area (Å²) in [6.45, 7) is 12.9. The van der Waals surface area contributed by atoms with Crippen LogP contribution in [0, 0.1) is 5.92 Å². The molecule has 0 aromatic heterocycles. The van der Waals surface area contributed by atoms with E-state index in [1.807, 2.05) is 0 Å². The van der Waals surface area contributed by atoms with E-state index < -0.39 is 5.97 Å². The normalized spacial score (nSPS) is 17.2. The van der Waals surface area contributed by atoms with Crippen LogP contribution in [0.15, 0.2) is 0 Å². The van der Waals surface area contributed by atoms with Gasteiger partial charge in [-0.05, 0) is 25.7 Å². The first kappa shape index (κ1) is 28.8. The number of unbranched alkanes of at least 4 members (excludes halogenated alkanes) is 8. The van der Waals surface area contributed by atoms with Gasteiger partial charge in [0.25, 0.3) is 5.97 Å². The summed E-state index contributed by atoms with van der Waals surface area (Å²) in [5, 5.41) is 0. The maximum absolute atomic E-state index is 6.44. The highest BCUT2D eigenvalue weighted by Gasteiger charge is 2.43. The van der Waals surface area contributed by atoms with E-state index in [1.165, 1.54) is 32.1 Å². The van der Waals surface area contributed by atoms with E-state index >= 15 is 0 Å². The molecular formula is C26H52O5. The fourth-order valence-electron chi connectivity index (χ4n) is 3.59. The van der Waals surface area contributed by atoms with Gasteiger partial charge in [0.2, 0.25) is 0 Å². The van der Waals surface area contributed by atoms with Crippen LogP contribution in [0.2, 0.25) is 0 Å². The van der Waals surface area contributed by atoms with Gasteiger partial charge in [0.15, 0.2) is 0 Å². The van der Waals surface area contributed by atoms with Gasteiger partial charge in [-0.3, -0.25) is 0 Å². The zero-order valence-electron chi connectivity index (χ0n) is 21.1. The average Bonchev–Trinajstić information content (AvgIpc) is 3.59. The highest BCUT2D eigenvalue weighted by Crippen LogP contribution is 2.32. The summed E-state index contributed by atoms with van der Waals surface area (Å²) < 4.78 is 30.7. The second kappa shape index (κ2) is 19.3. The molecule has 0 aromatic rings. The Labute approximate surface area is 192 Å². The van der Waals surface area contributed by atoms with Gasteiger partial charge in [-0.2, -0.15) is 0 Å². The van der Waals surface area contributed by atoms with E-state index in [-0.39, 0.29) is 12.0 Å². The standard InChI is InChI=1S/C26H52O5/c1-5-9-13-14-15-16-17-24(21-27-22-25-23-28-25)26(29-18-10-6-2,30-19-11-7-3)31-20-12-8-4/h24-25H,5-23H2,1-4H3. The van der Waals surface area contributed by atoms with Crippen LogP contribution in [0.1, 0.15) is 111 Å². The highest BCUT2D eigenvalue weighted by atomic mass is 16.9. The van der Waals surface area contributed by atoms with Gasteiger partial charge in [0, 0.05) is 0 Å². The largest absolute Gasteiger partial charge is 0.378 e. The minimum Gasteiger partial charge on any atom is -0.378 e. The van der Waals surface area contributed by atoms with Crippen molar-refractivity contribution in [2.24, 2.45) is 5.92 Å². The predicted octanol–water partition coefficient (Wildman–Crippen LogP) is 6.87. The quantitative estimate of drug-likeness (QED) is 0.0923. The van der Waals surface area contributed by atoms with Crippen LogP contribution >= 0.6 is 0 Å². The summed E-state index contributed by atoms with van der Waals surface area (Å²) in [7, 11) is 0. The van der Waals surface area contributed by atoms with Gasteiger partial charge in [-0.15, -0.1) is 0 Å². The Morgan fingerprint density at radius 1 is 0.710 bits per heavy atom. The smallest absolute Gasteiger partial charge is 0.288 e. The summed E-state index contributed by atoms with van der Waals surface area (Å²) in [4.78, 5) is 0. The van der Waals surface area contributed by atoms with E-state index in [4.69, 9.17) is 23.7 Å². The first-order valence-electron chi connectivity index (χ1n) is 13.3. The third-order valence-corrected chi connectivity index (χ3v) is 5.83. The lowest BCUT2D eigenvalue weighted by Gasteiger charge is -2.40. The molecule has 5 nitrogen and oxygen atoms in total. The maximum Gasteiger partial charge on any atom is 0.288 e. The molecule has 31 heavy (non-hydrogen) atoms. The molecule has 0 amide bonds. The zero-order chi connectivity index (χ0) is 22.6. The Morgan fingerprint density at radius 2 is 1.19 bits per heavy atom. The zero-order valence-corrected chi connectivity index (χ0v) is 21.1. The predicted molar refractivity (Wildman–Crippen MR) is 127 cm³/mol. The second-order valence-electron chi connectivity index (χ2n) is 8.96. The van der Waals surface area contributed by atoms with E-state index in [0.29, 0.717) is 33.0 Å². The van der Waals surface area contributed by atoms with Crippen molar-refractivity contribution in [3.8, 4) is 0 Å². The molecule has 1 aliphatic heterocycles. The lowest BCUT2D eigenvalue weighted by atomic mass is 9.98. The monoisotopic (exact) mass is 444 g/mol. The van der Waals surface area contributed by atoms with Gasteiger partial charge >= 0.3 is 0 Å². The maximum atomic E-state index is 6.44. The third kappa shape index (κ3) is 13.8. The molecule has 0 radical (unpaired) electrons. The van der Waals surface area contributed by atoms with Crippen LogP contribution in [0.3, 0.4) is 0 Å². The number of epoxide rings is 1. The molecule has 1 rings (SSSR count). The summed E-state index contributed by atoms with van der Waals surface area (Å²) >= 11 is 0. The molecule has 1 heterocycles. The number of hydrogen-bond donors (Lipinski definition) is 0. The molecule has 2 atom stereocenters. The van der Waals surface area contributed by atoms with Crippen molar-refractivity contribution in [1.82, 2.24) is 0 Å². The first-order valence-corrected chi connectivity index (χ1v) is 13.3. The molecule has 5 heteroatoms. The van der Waals surface area contributed by atoms with Gasteiger partial charge in [-0.1, -0.05) is 85.5 Å². The van der Waals surface area contributed by atoms with Gasteiger partial charge < -0.3 is 23.7 Å². The molecule has 186 valence electrons. The van der Waals surface area contributed by atoms with E-state index in [2.05, 4.69) is 27.7 Å². The van der Waals surface area contributed by atoms with Crippen molar-refractivity contribution >= 4 is 0 Å². The fraction of sp³-hybridized carbons (Fsp3) is 1.00. The Balaban J connectivity index is 2.82. The molecule has 0 N–H and O–H groups in total. The molecule has 1 aliphatic rings. The molecular weight excluding hydrogens is 392 g/mol. The van der Waals surface area contributed by atoms with E-state index in [9.17, 15) is 0 Å². The summed E-state index contributed by atoms with van der Waals surface area (Å²) in [6, 6.07) is 0. The van der Waals surface area contributed by atoms with Crippen molar-refractivity contribution < 1.29 is 23.7 Å². The third-order valence-electron chi connectivity index (χ3n) is 5.83. The molecule has 1 fully saturated rings. The number of hydrogen-bond acceptors (Lipinski definition) is 5. The van der Waals surface area contributed by atoms with Crippen LogP contribution in [-0.4, -0.2) is 51.7 Å². The van der Waals surface area contributed by atoms with Crippen LogP contribution < -0.4 is 0 Å². The topological polar surface area (TPSA) is 49.5 Å². The molecule has 0 aromatic carbocycles. The molecule has 0 bridgehead atoms.